The predicted octanol–water partition coefficient (Wildman–Crippen LogP) is 0.984. The van der Waals surface area contributed by atoms with E-state index in [2.05, 4.69) is 57.0 Å². The van der Waals surface area contributed by atoms with Crippen LogP contribution in [0.15, 0.2) is 35.3 Å². The summed E-state index contributed by atoms with van der Waals surface area (Å²) in [5.74, 6) is 0.506. The fourth-order valence-corrected chi connectivity index (χ4v) is 3.60. The molecule has 0 bridgehead atoms. The topological polar surface area (TPSA) is 89.1 Å². The summed E-state index contributed by atoms with van der Waals surface area (Å²) >= 11 is 0. The van der Waals surface area contributed by atoms with E-state index in [-0.39, 0.29) is 42.5 Å². The predicted molar refractivity (Wildman–Crippen MR) is 120 cm³/mol. The number of amides is 3. The van der Waals surface area contributed by atoms with Gasteiger partial charge in [-0.1, -0.05) is 30.3 Å². The highest BCUT2D eigenvalue weighted by Gasteiger charge is 2.30. The standard InChI is InChI=1S/C19H28N6O2.HI/c1-14-10-16(13-24(14)12-15-6-4-3-5-7-15)23-18(20-2)21-8-9-25-17(26)11-22-19(25)27;/h3-7,14,16H,8-13H2,1-2H3,(H,22,27)(H2,20,21,23);1H. The maximum absolute atomic E-state index is 11.6. The molecule has 3 amide bonds. The zero-order valence-corrected chi connectivity index (χ0v) is 18.7. The lowest BCUT2D eigenvalue weighted by Crippen LogP contribution is -2.47. The summed E-state index contributed by atoms with van der Waals surface area (Å²) in [6.45, 7) is 5.02. The average Bonchev–Trinajstić information content (AvgIpc) is 3.17. The van der Waals surface area contributed by atoms with E-state index in [9.17, 15) is 9.59 Å². The first-order valence-corrected chi connectivity index (χ1v) is 9.40. The van der Waals surface area contributed by atoms with Gasteiger partial charge in [-0.25, -0.2) is 4.79 Å². The summed E-state index contributed by atoms with van der Waals surface area (Å²) in [7, 11) is 1.73. The maximum Gasteiger partial charge on any atom is 0.324 e. The fourth-order valence-electron chi connectivity index (χ4n) is 3.60. The second kappa shape index (κ2) is 10.6. The van der Waals surface area contributed by atoms with Gasteiger partial charge in [-0.05, 0) is 18.9 Å². The Morgan fingerprint density at radius 2 is 2.04 bits per heavy atom. The molecular weight excluding hydrogens is 471 g/mol. The van der Waals surface area contributed by atoms with Crippen molar-refractivity contribution in [2.75, 3.05) is 33.2 Å². The Labute approximate surface area is 183 Å². The van der Waals surface area contributed by atoms with Gasteiger partial charge >= 0.3 is 6.03 Å². The quantitative estimate of drug-likeness (QED) is 0.235. The van der Waals surface area contributed by atoms with Crippen LogP contribution in [-0.2, 0) is 11.3 Å². The molecule has 2 heterocycles. The highest BCUT2D eigenvalue weighted by atomic mass is 127. The number of halogens is 1. The lowest BCUT2D eigenvalue weighted by atomic mass is 10.2. The molecule has 28 heavy (non-hydrogen) atoms. The normalized spacial score (nSPS) is 22.8. The number of benzene rings is 1. The van der Waals surface area contributed by atoms with Gasteiger partial charge < -0.3 is 16.0 Å². The van der Waals surface area contributed by atoms with Crippen molar-refractivity contribution in [3.8, 4) is 0 Å². The molecule has 2 fully saturated rings. The van der Waals surface area contributed by atoms with Crippen LogP contribution in [-0.4, -0.2) is 73.0 Å². The smallest absolute Gasteiger partial charge is 0.324 e. The van der Waals surface area contributed by atoms with Crippen molar-refractivity contribution in [2.45, 2.75) is 32.0 Å². The van der Waals surface area contributed by atoms with Crippen molar-refractivity contribution in [1.82, 2.24) is 25.8 Å². The third-order valence-electron chi connectivity index (χ3n) is 5.06. The minimum absolute atomic E-state index is 0. The summed E-state index contributed by atoms with van der Waals surface area (Å²) in [5.41, 5.74) is 1.32. The van der Waals surface area contributed by atoms with Crippen LogP contribution in [0, 0.1) is 0 Å². The molecule has 8 nitrogen and oxygen atoms in total. The lowest BCUT2D eigenvalue weighted by Gasteiger charge is -2.21. The number of carbonyl (C=O) groups is 2. The molecule has 0 aliphatic carbocycles. The summed E-state index contributed by atoms with van der Waals surface area (Å²) < 4.78 is 0. The van der Waals surface area contributed by atoms with Crippen molar-refractivity contribution < 1.29 is 9.59 Å². The second-order valence-corrected chi connectivity index (χ2v) is 7.04. The molecule has 2 aliphatic rings. The van der Waals surface area contributed by atoms with Crippen LogP contribution in [0.25, 0.3) is 0 Å². The first-order valence-electron chi connectivity index (χ1n) is 9.40. The van der Waals surface area contributed by atoms with Crippen molar-refractivity contribution in [2.24, 2.45) is 4.99 Å². The second-order valence-electron chi connectivity index (χ2n) is 7.04. The van der Waals surface area contributed by atoms with E-state index in [0.717, 1.165) is 19.5 Å². The van der Waals surface area contributed by atoms with Crippen LogP contribution in [0.5, 0.6) is 0 Å². The Balaban J connectivity index is 0.00000280. The van der Waals surface area contributed by atoms with Gasteiger partial charge in [0.05, 0.1) is 6.54 Å². The molecule has 2 atom stereocenters. The Kier molecular flexibility index (Phi) is 8.49. The number of hydrogen-bond donors (Lipinski definition) is 3. The van der Waals surface area contributed by atoms with E-state index in [1.165, 1.54) is 10.5 Å². The summed E-state index contributed by atoms with van der Waals surface area (Å²) in [5, 5.41) is 9.16. The zero-order chi connectivity index (χ0) is 19.2. The zero-order valence-electron chi connectivity index (χ0n) is 16.4. The largest absolute Gasteiger partial charge is 0.355 e. The van der Waals surface area contributed by atoms with E-state index >= 15 is 0 Å². The summed E-state index contributed by atoms with van der Waals surface area (Å²) in [6, 6.07) is 11.0. The molecule has 0 saturated carbocycles. The number of hydrogen-bond acceptors (Lipinski definition) is 4. The van der Waals surface area contributed by atoms with E-state index in [1.54, 1.807) is 7.05 Å². The number of aliphatic imine (C=N–C) groups is 1. The van der Waals surface area contributed by atoms with Gasteiger partial charge in [-0.3, -0.25) is 19.6 Å². The Morgan fingerprint density at radius 3 is 2.68 bits per heavy atom. The highest BCUT2D eigenvalue weighted by molar-refractivity contribution is 14.0. The molecule has 2 aliphatic heterocycles. The molecule has 154 valence electrons. The first-order chi connectivity index (χ1) is 13.1. The number of rotatable bonds is 6. The van der Waals surface area contributed by atoms with Crippen LogP contribution >= 0.6 is 24.0 Å². The van der Waals surface area contributed by atoms with Gasteiger partial charge in [0.2, 0.25) is 5.91 Å². The van der Waals surface area contributed by atoms with Gasteiger partial charge in [0, 0.05) is 45.3 Å². The van der Waals surface area contributed by atoms with Crippen molar-refractivity contribution in [3.63, 3.8) is 0 Å². The number of nitrogens with one attached hydrogen (secondary N) is 3. The van der Waals surface area contributed by atoms with Gasteiger partial charge in [0.25, 0.3) is 0 Å². The van der Waals surface area contributed by atoms with E-state index in [0.29, 0.717) is 31.1 Å². The minimum atomic E-state index is -0.328. The van der Waals surface area contributed by atoms with Crippen molar-refractivity contribution in [3.05, 3.63) is 35.9 Å². The number of imide groups is 1. The van der Waals surface area contributed by atoms with Gasteiger partial charge in [-0.2, -0.15) is 0 Å². The van der Waals surface area contributed by atoms with Crippen LogP contribution in [0.2, 0.25) is 0 Å². The molecule has 0 aromatic heterocycles. The highest BCUT2D eigenvalue weighted by Crippen LogP contribution is 2.20. The number of guanidine groups is 1. The van der Waals surface area contributed by atoms with E-state index in [4.69, 9.17) is 0 Å². The van der Waals surface area contributed by atoms with Gasteiger partial charge in [0.1, 0.15) is 0 Å². The molecule has 0 spiro atoms. The van der Waals surface area contributed by atoms with Crippen LogP contribution in [0.3, 0.4) is 0 Å². The Morgan fingerprint density at radius 1 is 1.29 bits per heavy atom. The Bertz CT molecular complexity index is 683. The molecular formula is C19H29IN6O2. The molecule has 0 radical (unpaired) electrons. The van der Waals surface area contributed by atoms with Crippen molar-refractivity contribution >= 4 is 41.9 Å². The van der Waals surface area contributed by atoms with E-state index in [1.807, 2.05) is 6.07 Å². The van der Waals surface area contributed by atoms with Crippen LogP contribution < -0.4 is 16.0 Å². The van der Waals surface area contributed by atoms with Crippen LogP contribution in [0.1, 0.15) is 18.9 Å². The van der Waals surface area contributed by atoms with E-state index < -0.39 is 0 Å². The fraction of sp³-hybridized carbons (Fsp3) is 0.526. The van der Waals surface area contributed by atoms with Gasteiger partial charge in [-0.15, -0.1) is 24.0 Å². The summed E-state index contributed by atoms with van der Waals surface area (Å²) in [4.78, 5) is 31.1. The summed E-state index contributed by atoms with van der Waals surface area (Å²) in [6.07, 6.45) is 1.04. The van der Waals surface area contributed by atoms with Gasteiger partial charge in [0.15, 0.2) is 5.96 Å². The number of nitrogens with zero attached hydrogens (tertiary/aromatic N) is 3. The Hall–Kier alpha value is -1.88. The lowest BCUT2D eigenvalue weighted by molar-refractivity contribution is -0.124. The number of urea groups is 1. The molecule has 9 heteroatoms. The third kappa shape index (κ3) is 5.81. The molecule has 2 saturated heterocycles. The molecule has 3 N–H and O–H groups in total. The molecule has 2 unspecified atom stereocenters. The minimum Gasteiger partial charge on any atom is -0.355 e. The SMILES string of the molecule is CN=C(NCCN1C(=O)CNC1=O)NC1CC(C)N(Cc2ccccc2)C1.I. The maximum atomic E-state index is 11.6. The average molecular weight is 500 g/mol. The molecule has 1 aromatic carbocycles. The van der Waals surface area contributed by atoms with Crippen LogP contribution in [0.4, 0.5) is 4.79 Å². The number of likely N-dealkylation sites (tertiary alicyclic amines) is 1. The van der Waals surface area contributed by atoms with Crippen molar-refractivity contribution in [1.29, 1.82) is 0 Å². The number of carbonyl (C=O) groups excluding carboxylic acids is 2. The first kappa shape index (κ1) is 22.4. The third-order valence-corrected chi connectivity index (χ3v) is 5.06. The monoisotopic (exact) mass is 500 g/mol. The molecule has 1 aromatic rings. The molecule has 3 rings (SSSR count).